The van der Waals surface area contributed by atoms with Crippen LogP contribution < -0.4 is 0 Å². The molecule has 2 N–H and O–H groups in total. The number of aliphatic hydroxyl groups excluding tert-OH is 1. The Morgan fingerprint density at radius 2 is 1.77 bits per heavy atom. The van der Waals surface area contributed by atoms with Crippen LogP contribution in [0, 0.1) is 0 Å². The minimum absolute atomic E-state index is 0.0464. The summed E-state index contributed by atoms with van der Waals surface area (Å²) in [6, 6.07) is 19.3. The van der Waals surface area contributed by atoms with Gasteiger partial charge in [-0.25, -0.2) is 0 Å². The molecule has 154 valence electrons. The summed E-state index contributed by atoms with van der Waals surface area (Å²) in [6.45, 7) is 0.309. The largest absolute Gasteiger partial charge is 0.507 e. The number of aromatic nitrogens is 1. The minimum atomic E-state index is -0.777. The summed E-state index contributed by atoms with van der Waals surface area (Å²) in [7, 11) is 0. The normalized spacial score (nSPS) is 18.2. The molecule has 1 atom stereocenters. The maximum atomic E-state index is 13.0. The van der Waals surface area contributed by atoms with Crippen molar-refractivity contribution >= 4 is 28.4 Å². The summed E-state index contributed by atoms with van der Waals surface area (Å²) in [5.74, 6) is -1.11. The van der Waals surface area contributed by atoms with Crippen molar-refractivity contribution in [3.05, 3.63) is 102 Å². The number of H-pyrrole nitrogens is 1. The zero-order valence-corrected chi connectivity index (χ0v) is 16.6. The molecule has 1 aliphatic heterocycles. The standard InChI is InChI=1S/C25H20N2O4/c28-23(16-7-2-1-3-8-16)21-22(20-11-6-14-31-20)27(25(30)24(21)29)13-12-17-15-26-19-10-5-4-9-18(17)19/h1-11,14-15,22,26,28H,12-13H2/b23-21+/t22-/m1/s1. The number of nitrogens with zero attached hydrogens (tertiary/aromatic N) is 1. The number of hydrogen-bond acceptors (Lipinski definition) is 4. The summed E-state index contributed by atoms with van der Waals surface area (Å²) in [4.78, 5) is 30.6. The fraction of sp³-hybridized carbons (Fsp3) is 0.120. The predicted molar refractivity (Wildman–Crippen MR) is 116 cm³/mol. The summed E-state index contributed by atoms with van der Waals surface area (Å²) in [6.07, 6.45) is 3.98. The van der Waals surface area contributed by atoms with E-state index in [4.69, 9.17) is 4.42 Å². The topological polar surface area (TPSA) is 86.5 Å². The van der Waals surface area contributed by atoms with Gasteiger partial charge in [-0.15, -0.1) is 0 Å². The zero-order chi connectivity index (χ0) is 21.4. The SMILES string of the molecule is O=C1C(=O)N(CCc2c[nH]c3ccccc23)[C@H](c2ccco2)/C1=C(\O)c1ccccc1. The second kappa shape index (κ2) is 7.65. The number of ketones is 1. The number of aliphatic hydroxyl groups is 1. The van der Waals surface area contributed by atoms with E-state index in [0.29, 0.717) is 24.3 Å². The van der Waals surface area contributed by atoms with Crippen LogP contribution in [0.2, 0.25) is 0 Å². The number of nitrogens with one attached hydrogen (secondary N) is 1. The van der Waals surface area contributed by atoms with Gasteiger partial charge < -0.3 is 19.4 Å². The van der Waals surface area contributed by atoms with Gasteiger partial charge in [0.05, 0.1) is 11.8 Å². The van der Waals surface area contributed by atoms with Gasteiger partial charge in [-0.1, -0.05) is 48.5 Å². The molecule has 0 spiro atoms. The molecule has 0 radical (unpaired) electrons. The molecule has 1 aliphatic rings. The number of rotatable bonds is 5. The fourth-order valence-corrected chi connectivity index (χ4v) is 4.18. The summed E-state index contributed by atoms with van der Waals surface area (Å²) >= 11 is 0. The first-order valence-corrected chi connectivity index (χ1v) is 10.1. The highest BCUT2D eigenvalue weighted by Gasteiger charge is 2.47. The number of aromatic amines is 1. The Morgan fingerprint density at radius 1 is 1.00 bits per heavy atom. The second-order valence-corrected chi connectivity index (χ2v) is 7.48. The van der Waals surface area contributed by atoms with Crippen LogP contribution in [0.1, 0.15) is 22.9 Å². The number of para-hydroxylation sites is 1. The van der Waals surface area contributed by atoms with Gasteiger partial charge in [-0.2, -0.15) is 0 Å². The van der Waals surface area contributed by atoms with Crippen LogP contribution in [0.5, 0.6) is 0 Å². The van der Waals surface area contributed by atoms with Gasteiger partial charge in [0.25, 0.3) is 11.7 Å². The van der Waals surface area contributed by atoms with Gasteiger partial charge in [0.2, 0.25) is 0 Å². The first-order valence-electron chi connectivity index (χ1n) is 10.1. The lowest BCUT2D eigenvalue weighted by Crippen LogP contribution is -2.31. The lowest BCUT2D eigenvalue weighted by Gasteiger charge is -2.23. The van der Waals surface area contributed by atoms with Crippen LogP contribution in [0.3, 0.4) is 0 Å². The van der Waals surface area contributed by atoms with Gasteiger partial charge in [0.1, 0.15) is 17.6 Å². The van der Waals surface area contributed by atoms with Crippen molar-refractivity contribution in [1.82, 2.24) is 9.88 Å². The van der Waals surface area contributed by atoms with Crippen molar-refractivity contribution < 1.29 is 19.1 Å². The molecule has 1 saturated heterocycles. The molecule has 2 aromatic carbocycles. The van der Waals surface area contributed by atoms with E-state index in [2.05, 4.69) is 4.98 Å². The van der Waals surface area contributed by atoms with Crippen molar-refractivity contribution in [2.75, 3.05) is 6.54 Å². The van der Waals surface area contributed by atoms with Crippen LogP contribution in [0.25, 0.3) is 16.7 Å². The molecule has 5 rings (SSSR count). The van der Waals surface area contributed by atoms with E-state index in [1.54, 1.807) is 36.4 Å². The van der Waals surface area contributed by atoms with E-state index in [0.717, 1.165) is 16.5 Å². The summed E-state index contributed by atoms with van der Waals surface area (Å²) in [5.41, 5.74) is 2.60. The number of amides is 1. The van der Waals surface area contributed by atoms with Crippen LogP contribution in [-0.4, -0.2) is 33.2 Å². The summed E-state index contributed by atoms with van der Waals surface area (Å²) in [5, 5.41) is 12.0. The number of Topliss-reactive ketones (excluding diaryl/α,β-unsaturated/α-hetero) is 1. The van der Waals surface area contributed by atoms with E-state index in [-0.39, 0.29) is 11.3 Å². The summed E-state index contributed by atoms with van der Waals surface area (Å²) < 4.78 is 5.57. The highest BCUT2D eigenvalue weighted by atomic mass is 16.3. The van der Waals surface area contributed by atoms with Crippen LogP contribution >= 0.6 is 0 Å². The van der Waals surface area contributed by atoms with Crippen LogP contribution in [0.4, 0.5) is 0 Å². The number of fused-ring (bicyclic) bond motifs is 1. The lowest BCUT2D eigenvalue weighted by atomic mass is 9.99. The maximum absolute atomic E-state index is 13.0. The first-order chi connectivity index (χ1) is 15.1. The molecule has 2 aromatic heterocycles. The Bertz CT molecular complexity index is 1290. The number of carbonyl (C=O) groups is 2. The van der Waals surface area contributed by atoms with Crippen molar-refractivity contribution in [2.45, 2.75) is 12.5 Å². The quantitative estimate of drug-likeness (QED) is 0.289. The third-order valence-corrected chi connectivity index (χ3v) is 5.70. The van der Waals surface area contributed by atoms with Crippen molar-refractivity contribution in [3.8, 4) is 0 Å². The maximum Gasteiger partial charge on any atom is 0.295 e. The van der Waals surface area contributed by atoms with Crippen LogP contribution in [0.15, 0.2) is 89.2 Å². The molecule has 0 unspecified atom stereocenters. The number of carbonyl (C=O) groups excluding carboxylic acids is 2. The molecular weight excluding hydrogens is 392 g/mol. The van der Waals surface area contributed by atoms with E-state index >= 15 is 0 Å². The molecule has 31 heavy (non-hydrogen) atoms. The molecule has 1 amide bonds. The molecule has 0 saturated carbocycles. The van der Waals surface area contributed by atoms with Gasteiger partial charge in [-0.3, -0.25) is 9.59 Å². The van der Waals surface area contributed by atoms with Gasteiger partial charge in [-0.05, 0) is 30.2 Å². The molecular formula is C25H20N2O4. The van der Waals surface area contributed by atoms with E-state index in [1.807, 2.05) is 36.5 Å². The van der Waals surface area contributed by atoms with Gasteiger partial charge in [0, 0.05) is 29.2 Å². The van der Waals surface area contributed by atoms with Gasteiger partial charge >= 0.3 is 0 Å². The monoisotopic (exact) mass is 412 g/mol. The molecule has 6 heteroatoms. The highest BCUT2D eigenvalue weighted by molar-refractivity contribution is 6.46. The van der Waals surface area contributed by atoms with Crippen molar-refractivity contribution in [3.63, 3.8) is 0 Å². The average Bonchev–Trinajstić information content (AvgIpc) is 3.53. The molecule has 4 aromatic rings. The minimum Gasteiger partial charge on any atom is -0.507 e. The number of likely N-dealkylation sites (tertiary alicyclic amines) is 1. The van der Waals surface area contributed by atoms with E-state index in [1.165, 1.54) is 11.2 Å². The Balaban J connectivity index is 1.53. The third-order valence-electron chi connectivity index (χ3n) is 5.70. The number of furan rings is 1. The van der Waals surface area contributed by atoms with Crippen molar-refractivity contribution in [2.24, 2.45) is 0 Å². The Labute approximate surface area is 178 Å². The third kappa shape index (κ3) is 3.22. The molecule has 1 fully saturated rings. The Morgan fingerprint density at radius 3 is 2.55 bits per heavy atom. The molecule has 3 heterocycles. The Kier molecular flexibility index (Phi) is 4.67. The molecule has 6 nitrogen and oxygen atoms in total. The van der Waals surface area contributed by atoms with Crippen LogP contribution in [-0.2, 0) is 16.0 Å². The predicted octanol–water partition coefficient (Wildman–Crippen LogP) is 4.43. The second-order valence-electron chi connectivity index (χ2n) is 7.48. The fourth-order valence-electron chi connectivity index (χ4n) is 4.18. The molecule has 0 aliphatic carbocycles. The number of benzene rings is 2. The van der Waals surface area contributed by atoms with Gasteiger partial charge in [0.15, 0.2) is 0 Å². The average molecular weight is 412 g/mol. The number of hydrogen-bond donors (Lipinski definition) is 2. The Hall–Kier alpha value is -4.06. The van der Waals surface area contributed by atoms with E-state index in [9.17, 15) is 14.7 Å². The van der Waals surface area contributed by atoms with E-state index < -0.39 is 17.7 Å². The lowest BCUT2D eigenvalue weighted by molar-refractivity contribution is -0.140. The van der Waals surface area contributed by atoms with Crippen molar-refractivity contribution in [1.29, 1.82) is 0 Å². The smallest absolute Gasteiger partial charge is 0.295 e. The highest BCUT2D eigenvalue weighted by Crippen LogP contribution is 2.39. The zero-order valence-electron chi connectivity index (χ0n) is 16.6. The molecule has 0 bridgehead atoms. The first kappa shape index (κ1) is 18.9.